The lowest BCUT2D eigenvalue weighted by Gasteiger charge is -2.32. The molecule has 3 unspecified atom stereocenters. The van der Waals surface area contributed by atoms with Crippen molar-refractivity contribution in [2.24, 2.45) is 11.7 Å². The van der Waals surface area contributed by atoms with Crippen molar-refractivity contribution in [1.82, 2.24) is 4.90 Å². The number of nitrogens with two attached hydrogens (primary N) is 1. The van der Waals surface area contributed by atoms with Crippen LogP contribution in [0.1, 0.15) is 38.3 Å². The molecule has 1 aliphatic heterocycles. The van der Waals surface area contributed by atoms with Crippen LogP contribution in [0.5, 0.6) is 0 Å². The molecular formula is C15H23ClN2. The topological polar surface area (TPSA) is 29.3 Å². The molecule has 1 saturated heterocycles. The maximum absolute atomic E-state index is 6.34. The number of benzene rings is 1. The molecule has 1 aromatic carbocycles. The molecule has 3 atom stereocenters. The van der Waals surface area contributed by atoms with Gasteiger partial charge >= 0.3 is 0 Å². The molecule has 0 bridgehead atoms. The number of halogens is 1. The molecule has 1 aliphatic rings. The summed E-state index contributed by atoms with van der Waals surface area (Å²) in [4.78, 5) is 2.53. The summed E-state index contributed by atoms with van der Waals surface area (Å²) in [6.45, 7) is 6.78. The Morgan fingerprint density at radius 1 is 1.39 bits per heavy atom. The van der Waals surface area contributed by atoms with E-state index in [0.717, 1.165) is 30.5 Å². The number of hydrogen-bond acceptors (Lipinski definition) is 2. The summed E-state index contributed by atoms with van der Waals surface area (Å²) >= 11 is 5.97. The highest BCUT2D eigenvalue weighted by Crippen LogP contribution is 2.31. The average molecular weight is 267 g/mol. The smallest absolute Gasteiger partial charge is 0.0499 e. The van der Waals surface area contributed by atoms with Crippen molar-refractivity contribution < 1.29 is 0 Å². The van der Waals surface area contributed by atoms with E-state index in [2.05, 4.69) is 30.9 Å². The van der Waals surface area contributed by atoms with Gasteiger partial charge in [0, 0.05) is 23.7 Å². The van der Waals surface area contributed by atoms with Crippen molar-refractivity contribution in [3.05, 3.63) is 34.9 Å². The molecule has 1 aromatic rings. The summed E-state index contributed by atoms with van der Waals surface area (Å²) < 4.78 is 0. The van der Waals surface area contributed by atoms with Gasteiger partial charge < -0.3 is 5.73 Å². The van der Waals surface area contributed by atoms with Gasteiger partial charge in [-0.05, 0) is 43.0 Å². The Morgan fingerprint density at radius 2 is 2.06 bits per heavy atom. The molecule has 1 fully saturated rings. The minimum absolute atomic E-state index is 0.191. The molecule has 0 saturated carbocycles. The van der Waals surface area contributed by atoms with E-state index < -0.39 is 0 Å². The largest absolute Gasteiger partial charge is 0.326 e. The van der Waals surface area contributed by atoms with Gasteiger partial charge in [-0.2, -0.15) is 0 Å². The second-order valence-corrected chi connectivity index (χ2v) is 5.89. The second-order valence-electron chi connectivity index (χ2n) is 5.46. The molecule has 0 aliphatic carbocycles. The van der Waals surface area contributed by atoms with Gasteiger partial charge in [0.25, 0.3) is 0 Å². The lowest BCUT2D eigenvalue weighted by atomic mass is 9.96. The minimum Gasteiger partial charge on any atom is -0.326 e. The fourth-order valence-corrected chi connectivity index (χ4v) is 2.96. The van der Waals surface area contributed by atoms with E-state index in [-0.39, 0.29) is 6.04 Å². The standard InChI is InChI=1S/C15H23ClN2/c1-3-14(17)15(18-9-8-11(2)10-18)12-4-6-13(16)7-5-12/h4-7,11,14-15H,3,8-10,17H2,1-2H3. The summed E-state index contributed by atoms with van der Waals surface area (Å²) in [6, 6.07) is 8.68. The highest BCUT2D eigenvalue weighted by Gasteiger charge is 2.30. The summed E-state index contributed by atoms with van der Waals surface area (Å²) in [5, 5.41) is 0.789. The summed E-state index contributed by atoms with van der Waals surface area (Å²) in [5.41, 5.74) is 7.63. The third-order valence-electron chi connectivity index (χ3n) is 3.94. The van der Waals surface area contributed by atoms with Crippen LogP contribution in [-0.4, -0.2) is 24.0 Å². The Morgan fingerprint density at radius 3 is 2.56 bits per heavy atom. The van der Waals surface area contributed by atoms with Gasteiger partial charge in [-0.3, -0.25) is 4.90 Å². The molecule has 18 heavy (non-hydrogen) atoms. The van der Waals surface area contributed by atoms with E-state index in [1.807, 2.05) is 12.1 Å². The van der Waals surface area contributed by atoms with Crippen LogP contribution >= 0.6 is 11.6 Å². The van der Waals surface area contributed by atoms with Gasteiger partial charge in [0.2, 0.25) is 0 Å². The molecule has 100 valence electrons. The molecule has 0 amide bonds. The molecule has 2 rings (SSSR count). The van der Waals surface area contributed by atoms with Crippen molar-refractivity contribution in [3.63, 3.8) is 0 Å². The summed E-state index contributed by atoms with van der Waals surface area (Å²) in [5.74, 6) is 0.781. The number of hydrogen-bond donors (Lipinski definition) is 1. The number of nitrogens with zero attached hydrogens (tertiary/aromatic N) is 1. The first-order valence-electron chi connectivity index (χ1n) is 6.87. The zero-order valence-electron chi connectivity index (χ0n) is 11.3. The zero-order valence-corrected chi connectivity index (χ0v) is 12.0. The quantitative estimate of drug-likeness (QED) is 0.904. The van der Waals surface area contributed by atoms with Crippen LogP contribution in [0, 0.1) is 5.92 Å². The van der Waals surface area contributed by atoms with Gasteiger partial charge in [-0.1, -0.05) is 37.6 Å². The molecule has 0 radical (unpaired) electrons. The number of likely N-dealkylation sites (tertiary alicyclic amines) is 1. The van der Waals surface area contributed by atoms with Crippen LogP contribution in [0.3, 0.4) is 0 Å². The minimum atomic E-state index is 0.191. The van der Waals surface area contributed by atoms with Gasteiger partial charge in [0.15, 0.2) is 0 Å². The van der Waals surface area contributed by atoms with Crippen molar-refractivity contribution >= 4 is 11.6 Å². The third-order valence-corrected chi connectivity index (χ3v) is 4.19. The molecule has 3 heteroatoms. The molecule has 2 nitrogen and oxygen atoms in total. The third kappa shape index (κ3) is 3.05. The second kappa shape index (κ2) is 6.05. The monoisotopic (exact) mass is 266 g/mol. The SMILES string of the molecule is CCC(N)C(c1ccc(Cl)cc1)N1CCC(C)C1. The van der Waals surface area contributed by atoms with Gasteiger partial charge in [-0.25, -0.2) is 0 Å². The van der Waals surface area contributed by atoms with E-state index >= 15 is 0 Å². The van der Waals surface area contributed by atoms with Gasteiger partial charge in [0.05, 0.1) is 0 Å². The van der Waals surface area contributed by atoms with Crippen molar-refractivity contribution in [2.75, 3.05) is 13.1 Å². The Kier molecular flexibility index (Phi) is 4.66. The summed E-state index contributed by atoms with van der Waals surface area (Å²) in [6.07, 6.45) is 2.28. The Bertz CT molecular complexity index is 377. The van der Waals surface area contributed by atoms with Crippen LogP contribution in [0.2, 0.25) is 5.02 Å². The van der Waals surface area contributed by atoms with Crippen LogP contribution in [0.25, 0.3) is 0 Å². The Balaban J connectivity index is 2.22. The van der Waals surface area contributed by atoms with Crippen molar-refractivity contribution in [3.8, 4) is 0 Å². The number of rotatable bonds is 4. The zero-order chi connectivity index (χ0) is 13.1. The molecule has 1 heterocycles. The molecule has 0 aromatic heterocycles. The lowest BCUT2D eigenvalue weighted by molar-refractivity contribution is 0.203. The predicted octanol–water partition coefficient (Wildman–Crippen LogP) is 3.46. The highest BCUT2D eigenvalue weighted by molar-refractivity contribution is 6.30. The maximum Gasteiger partial charge on any atom is 0.0499 e. The van der Waals surface area contributed by atoms with Crippen LogP contribution < -0.4 is 5.73 Å². The normalized spacial score (nSPS) is 24.1. The first kappa shape index (κ1) is 13.9. The van der Waals surface area contributed by atoms with Crippen molar-refractivity contribution in [1.29, 1.82) is 0 Å². The molecule has 2 N–H and O–H groups in total. The lowest BCUT2D eigenvalue weighted by Crippen LogP contribution is -2.39. The molecule has 0 spiro atoms. The summed E-state index contributed by atoms with van der Waals surface area (Å²) in [7, 11) is 0. The van der Waals surface area contributed by atoms with Gasteiger partial charge in [0.1, 0.15) is 0 Å². The molecular weight excluding hydrogens is 244 g/mol. The Labute approximate surface area is 115 Å². The fraction of sp³-hybridized carbons (Fsp3) is 0.600. The fourth-order valence-electron chi connectivity index (χ4n) is 2.83. The Hall–Kier alpha value is -0.570. The van der Waals surface area contributed by atoms with Crippen LogP contribution in [-0.2, 0) is 0 Å². The first-order valence-corrected chi connectivity index (χ1v) is 7.24. The van der Waals surface area contributed by atoms with Crippen LogP contribution in [0.15, 0.2) is 24.3 Å². The van der Waals surface area contributed by atoms with Crippen LogP contribution in [0.4, 0.5) is 0 Å². The van der Waals surface area contributed by atoms with Crippen molar-refractivity contribution in [2.45, 2.75) is 38.8 Å². The highest BCUT2D eigenvalue weighted by atomic mass is 35.5. The van der Waals surface area contributed by atoms with E-state index in [1.54, 1.807) is 0 Å². The average Bonchev–Trinajstić information content (AvgIpc) is 2.78. The first-order chi connectivity index (χ1) is 8.61. The van der Waals surface area contributed by atoms with E-state index in [1.165, 1.54) is 12.0 Å². The van der Waals surface area contributed by atoms with Gasteiger partial charge in [-0.15, -0.1) is 0 Å². The van der Waals surface area contributed by atoms with E-state index in [9.17, 15) is 0 Å². The van der Waals surface area contributed by atoms with E-state index in [4.69, 9.17) is 17.3 Å². The van der Waals surface area contributed by atoms with E-state index in [0.29, 0.717) is 6.04 Å². The maximum atomic E-state index is 6.34. The predicted molar refractivity (Wildman–Crippen MR) is 77.8 cm³/mol.